The fraction of sp³-hybridized carbons (Fsp3) is 0.160. The third-order valence-electron chi connectivity index (χ3n) is 4.60. The van der Waals surface area contributed by atoms with E-state index in [4.69, 9.17) is 17.0 Å². The predicted octanol–water partition coefficient (Wildman–Crippen LogP) is 4.14. The van der Waals surface area contributed by atoms with E-state index < -0.39 is 0 Å². The van der Waals surface area contributed by atoms with Crippen LogP contribution in [0, 0.1) is 0 Å². The average Bonchev–Trinajstić information content (AvgIpc) is 2.79. The lowest BCUT2D eigenvalue weighted by Crippen LogP contribution is -2.34. The average molecular weight is 448 g/mol. The van der Waals surface area contributed by atoms with Gasteiger partial charge < -0.3 is 15.0 Å². The van der Waals surface area contributed by atoms with Crippen LogP contribution in [0.1, 0.15) is 26.3 Å². The standard InChI is InChI=1S/C25H25N3O3S/c1-28(2)24(30)20-11-6-12-21(16-20)26-25(32)27-23(29)19-10-7-13-22(17-19)31-15-14-18-8-4-3-5-9-18/h3-13,16-17H,14-15H2,1-2H3,(H2,26,27,29,32). The summed E-state index contributed by atoms with van der Waals surface area (Å²) in [5.41, 5.74) is 2.76. The highest BCUT2D eigenvalue weighted by molar-refractivity contribution is 7.80. The Morgan fingerprint density at radius 1 is 0.906 bits per heavy atom. The molecule has 0 bridgehead atoms. The Morgan fingerprint density at radius 3 is 2.38 bits per heavy atom. The first-order valence-electron chi connectivity index (χ1n) is 10.1. The highest BCUT2D eigenvalue weighted by Crippen LogP contribution is 2.15. The molecule has 0 saturated carbocycles. The molecule has 0 heterocycles. The Labute approximate surface area is 193 Å². The maximum Gasteiger partial charge on any atom is 0.257 e. The van der Waals surface area contributed by atoms with Gasteiger partial charge in [0.1, 0.15) is 5.75 Å². The normalized spacial score (nSPS) is 10.2. The molecule has 164 valence electrons. The zero-order valence-electron chi connectivity index (χ0n) is 18.0. The SMILES string of the molecule is CN(C)C(=O)c1cccc(NC(=S)NC(=O)c2cccc(OCCc3ccccc3)c2)c1. The molecule has 0 atom stereocenters. The van der Waals surface area contributed by atoms with Gasteiger partial charge in [-0.2, -0.15) is 0 Å². The van der Waals surface area contributed by atoms with Crippen LogP contribution in [-0.2, 0) is 6.42 Å². The van der Waals surface area contributed by atoms with Crippen molar-refractivity contribution in [2.24, 2.45) is 0 Å². The summed E-state index contributed by atoms with van der Waals surface area (Å²) < 4.78 is 5.79. The number of hydrogen-bond acceptors (Lipinski definition) is 4. The minimum atomic E-state index is -0.350. The molecular formula is C25H25N3O3S. The van der Waals surface area contributed by atoms with Gasteiger partial charge in [-0.05, 0) is 54.2 Å². The maximum atomic E-state index is 12.6. The van der Waals surface area contributed by atoms with E-state index in [-0.39, 0.29) is 16.9 Å². The molecule has 0 aliphatic heterocycles. The number of carbonyl (C=O) groups excluding carboxylic acids is 2. The lowest BCUT2D eigenvalue weighted by molar-refractivity contribution is 0.0827. The molecule has 0 aliphatic rings. The molecule has 0 aromatic heterocycles. The first-order chi connectivity index (χ1) is 15.4. The Balaban J connectivity index is 1.55. The molecule has 2 amide bonds. The molecule has 0 fully saturated rings. The molecule has 32 heavy (non-hydrogen) atoms. The van der Waals surface area contributed by atoms with Crippen LogP contribution in [0.3, 0.4) is 0 Å². The van der Waals surface area contributed by atoms with Crippen LogP contribution in [0.15, 0.2) is 78.9 Å². The minimum absolute atomic E-state index is 0.118. The lowest BCUT2D eigenvalue weighted by Gasteiger charge is -2.13. The molecule has 3 aromatic rings. The van der Waals surface area contributed by atoms with Crippen molar-refractivity contribution in [1.29, 1.82) is 0 Å². The quantitative estimate of drug-likeness (QED) is 0.533. The van der Waals surface area contributed by atoms with Crippen LogP contribution in [0.2, 0.25) is 0 Å². The zero-order chi connectivity index (χ0) is 22.9. The smallest absolute Gasteiger partial charge is 0.257 e. The summed E-state index contributed by atoms with van der Waals surface area (Å²) in [6.07, 6.45) is 0.778. The Hall–Kier alpha value is -3.71. The van der Waals surface area contributed by atoms with Gasteiger partial charge in [0.05, 0.1) is 6.61 Å². The monoisotopic (exact) mass is 447 g/mol. The van der Waals surface area contributed by atoms with Gasteiger partial charge in [-0.15, -0.1) is 0 Å². The number of nitrogens with one attached hydrogen (secondary N) is 2. The van der Waals surface area contributed by atoms with Gasteiger partial charge in [-0.1, -0.05) is 42.5 Å². The van der Waals surface area contributed by atoms with Gasteiger partial charge in [0.2, 0.25) is 0 Å². The molecular weight excluding hydrogens is 422 g/mol. The molecule has 0 radical (unpaired) electrons. The summed E-state index contributed by atoms with van der Waals surface area (Å²) in [4.78, 5) is 26.2. The zero-order valence-corrected chi connectivity index (χ0v) is 18.8. The van der Waals surface area contributed by atoms with E-state index in [1.807, 2.05) is 36.4 Å². The van der Waals surface area contributed by atoms with Crippen molar-refractivity contribution < 1.29 is 14.3 Å². The highest BCUT2D eigenvalue weighted by Gasteiger charge is 2.11. The number of ether oxygens (including phenoxy) is 1. The summed E-state index contributed by atoms with van der Waals surface area (Å²) >= 11 is 5.26. The number of benzene rings is 3. The maximum absolute atomic E-state index is 12.6. The Morgan fingerprint density at radius 2 is 1.62 bits per heavy atom. The summed E-state index contributed by atoms with van der Waals surface area (Å²) in [5, 5.41) is 5.74. The number of hydrogen-bond donors (Lipinski definition) is 2. The molecule has 2 N–H and O–H groups in total. The first kappa shape index (κ1) is 23.0. The topological polar surface area (TPSA) is 70.7 Å². The molecule has 0 aliphatic carbocycles. The first-order valence-corrected chi connectivity index (χ1v) is 10.5. The van der Waals surface area contributed by atoms with Crippen LogP contribution in [0.25, 0.3) is 0 Å². The highest BCUT2D eigenvalue weighted by atomic mass is 32.1. The van der Waals surface area contributed by atoms with Crippen LogP contribution in [0.4, 0.5) is 5.69 Å². The molecule has 0 saturated heterocycles. The van der Waals surface area contributed by atoms with E-state index in [1.165, 1.54) is 10.5 Å². The van der Waals surface area contributed by atoms with Gasteiger partial charge >= 0.3 is 0 Å². The van der Waals surface area contributed by atoms with Crippen molar-refractivity contribution >= 4 is 34.8 Å². The number of thiocarbonyl (C=S) groups is 1. The molecule has 7 heteroatoms. The van der Waals surface area contributed by atoms with Crippen LogP contribution < -0.4 is 15.4 Å². The van der Waals surface area contributed by atoms with Crippen LogP contribution in [0.5, 0.6) is 5.75 Å². The van der Waals surface area contributed by atoms with Crippen molar-refractivity contribution in [2.75, 3.05) is 26.0 Å². The second kappa shape index (κ2) is 11.1. The summed E-state index contributed by atoms with van der Waals surface area (Å²) in [5.74, 6) is 0.145. The number of carbonyl (C=O) groups is 2. The summed E-state index contributed by atoms with van der Waals surface area (Å²) in [6, 6.07) is 23.9. The van der Waals surface area contributed by atoms with Gasteiger partial charge in [-0.3, -0.25) is 14.9 Å². The molecule has 0 spiro atoms. The number of rotatable bonds is 7. The second-order valence-corrected chi connectivity index (χ2v) is 7.71. The van der Waals surface area contributed by atoms with E-state index in [9.17, 15) is 9.59 Å². The number of amides is 2. The lowest BCUT2D eigenvalue weighted by atomic mass is 10.1. The van der Waals surface area contributed by atoms with Crippen LogP contribution in [-0.4, -0.2) is 42.5 Å². The van der Waals surface area contributed by atoms with E-state index in [2.05, 4.69) is 10.6 Å². The van der Waals surface area contributed by atoms with E-state index in [0.29, 0.717) is 29.2 Å². The largest absolute Gasteiger partial charge is 0.493 e. The fourth-order valence-corrected chi connectivity index (χ4v) is 3.19. The van der Waals surface area contributed by atoms with E-state index >= 15 is 0 Å². The second-order valence-electron chi connectivity index (χ2n) is 7.30. The number of anilines is 1. The molecule has 6 nitrogen and oxygen atoms in total. The van der Waals surface area contributed by atoms with Crippen molar-refractivity contribution in [1.82, 2.24) is 10.2 Å². The Bertz CT molecular complexity index is 1100. The Kier molecular flexibility index (Phi) is 7.94. The van der Waals surface area contributed by atoms with Crippen molar-refractivity contribution in [2.45, 2.75) is 6.42 Å². The van der Waals surface area contributed by atoms with E-state index in [0.717, 1.165) is 6.42 Å². The predicted molar refractivity (Wildman–Crippen MR) is 130 cm³/mol. The summed E-state index contributed by atoms with van der Waals surface area (Å²) in [7, 11) is 3.37. The van der Waals surface area contributed by atoms with Gasteiger partial charge in [0.15, 0.2) is 5.11 Å². The molecule has 3 aromatic carbocycles. The number of nitrogens with zero attached hydrogens (tertiary/aromatic N) is 1. The van der Waals surface area contributed by atoms with Gasteiger partial charge in [0.25, 0.3) is 11.8 Å². The van der Waals surface area contributed by atoms with Crippen molar-refractivity contribution in [3.05, 3.63) is 95.6 Å². The minimum Gasteiger partial charge on any atom is -0.493 e. The molecule has 0 unspecified atom stereocenters. The molecule has 3 rings (SSSR count). The van der Waals surface area contributed by atoms with Gasteiger partial charge in [-0.25, -0.2) is 0 Å². The third-order valence-corrected chi connectivity index (χ3v) is 4.80. The summed E-state index contributed by atoms with van der Waals surface area (Å²) in [6.45, 7) is 0.511. The van der Waals surface area contributed by atoms with Crippen LogP contribution >= 0.6 is 12.2 Å². The van der Waals surface area contributed by atoms with Crippen molar-refractivity contribution in [3.63, 3.8) is 0 Å². The van der Waals surface area contributed by atoms with Gasteiger partial charge in [0, 0.05) is 37.3 Å². The fourth-order valence-electron chi connectivity index (χ4n) is 2.98. The van der Waals surface area contributed by atoms with E-state index in [1.54, 1.807) is 56.6 Å². The van der Waals surface area contributed by atoms with Crippen molar-refractivity contribution in [3.8, 4) is 5.75 Å². The third kappa shape index (κ3) is 6.65.